The SMILES string of the molecule is CCCC(C)Nc1ccc(C(=O)NC(C)C)cc1. The summed E-state index contributed by atoms with van der Waals surface area (Å²) in [7, 11) is 0. The molecule has 0 aliphatic heterocycles. The lowest BCUT2D eigenvalue weighted by Crippen LogP contribution is -2.30. The third-order valence-corrected chi connectivity index (χ3v) is 2.70. The fraction of sp³-hybridized carbons (Fsp3) is 0.533. The minimum atomic E-state index is -0.0156. The molecule has 0 aliphatic carbocycles. The van der Waals surface area contributed by atoms with Gasteiger partial charge in [0.15, 0.2) is 0 Å². The summed E-state index contributed by atoms with van der Waals surface area (Å²) in [5.41, 5.74) is 1.77. The molecule has 0 aliphatic rings. The predicted molar refractivity (Wildman–Crippen MR) is 77.0 cm³/mol. The first-order chi connectivity index (χ1) is 8.52. The molecule has 3 heteroatoms. The maximum atomic E-state index is 11.8. The van der Waals surface area contributed by atoms with Crippen LogP contribution in [-0.2, 0) is 0 Å². The topological polar surface area (TPSA) is 41.1 Å². The minimum Gasteiger partial charge on any atom is -0.383 e. The lowest BCUT2D eigenvalue weighted by atomic mass is 10.1. The van der Waals surface area contributed by atoms with Crippen molar-refractivity contribution in [3.05, 3.63) is 29.8 Å². The first-order valence-electron chi connectivity index (χ1n) is 6.70. The average molecular weight is 248 g/mol. The standard InChI is InChI=1S/C15H24N2O/c1-5-6-12(4)17-14-9-7-13(8-10-14)15(18)16-11(2)3/h7-12,17H,5-6H2,1-4H3,(H,16,18). The van der Waals surface area contributed by atoms with Crippen molar-refractivity contribution in [2.45, 2.75) is 52.6 Å². The van der Waals surface area contributed by atoms with Crippen molar-refractivity contribution in [3.8, 4) is 0 Å². The predicted octanol–water partition coefficient (Wildman–Crippen LogP) is 3.43. The molecule has 1 aromatic rings. The molecule has 0 radical (unpaired) electrons. The van der Waals surface area contributed by atoms with Gasteiger partial charge >= 0.3 is 0 Å². The summed E-state index contributed by atoms with van der Waals surface area (Å²) >= 11 is 0. The molecule has 0 heterocycles. The van der Waals surface area contributed by atoms with Crippen LogP contribution in [-0.4, -0.2) is 18.0 Å². The summed E-state index contributed by atoms with van der Waals surface area (Å²) in [6, 6.07) is 8.27. The van der Waals surface area contributed by atoms with Gasteiger partial charge in [-0.15, -0.1) is 0 Å². The third kappa shape index (κ3) is 4.78. The Morgan fingerprint density at radius 1 is 1.17 bits per heavy atom. The van der Waals surface area contributed by atoms with E-state index in [1.54, 1.807) is 0 Å². The fourth-order valence-corrected chi connectivity index (χ4v) is 1.85. The smallest absolute Gasteiger partial charge is 0.251 e. The Kier molecular flexibility index (Phi) is 5.69. The van der Waals surface area contributed by atoms with Crippen LogP contribution < -0.4 is 10.6 Å². The Labute approximate surface area is 110 Å². The highest BCUT2D eigenvalue weighted by atomic mass is 16.1. The molecule has 0 aromatic heterocycles. The first-order valence-corrected chi connectivity index (χ1v) is 6.70. The van der Waals surface area contributed by atoms with E-state index in [1.807, 2.05) is 38.1 Å². The van der Waals surface area contributed by atoms with E-state index in [9.17, 15) is 4.79 Å². The van der Waals surface area contributed by atoms with Crippen LogP contribution in [0.15, 0.2) is 24.3 Å². The van der Waals surface area contributed by atoms with Crippen LogP contribution in [0, 0.1) is 0 Å². The molecule has 1 aromatic carbocycles. The number of anilines is 1. The normalized spacial score (nSPS) is 12.3. The van der Waals surface area contributed by atoms with E-state index in [1.165, 1.54) is 6.42 Å². The monoisotopic (exact) mass is 248 g/mol. The van der Waals surface area contributed by atoms with E-state index in [-0.39, 0.29) is 11.9 Å². The van der Waals surface area contributed by atoms with Crippen molar-refractivity contribution >= 4 is 11.6 Å². The van der Waals surface area contributed by atoms with Crippen molar-refractivity contribution in [2.75, 3.05) is 5.32 Å². The van der Waals surface area contributed by atoms with Crippen LogP contribution in [0.25, 0.3) is 0 Å². The van der Waals surface area contributed by atoms with Gasteiger partial charge in [-0.05, 0) is 51.5 Å². The number of hydrogen-bond acceptors (Lipinski definition) is 2. The van der Waals surface area contributed by atoms with Gasteiger partial charge in [0.25, 0.3) is 5.91 Å². The maximum Gasteiger partial charge on any atom is 0.251 e. The van der Waals surface area contributed by atoms with Gasteiger partial charge in [0.2, 0.25) is 0 Å². The van der Waals surface area contributed by atoms with Crippen molar-refractivity contribution in [2.24, 2.45) is 0 Å². The molecule has 0 saturated heterocycles. The van der Waals surface area contributed by atoms with Crippen LogP contribution >= 0.6 is 0 Å². The molecular formula is C15H24N2O. The van der Waals surface area contributed by atoms with Gasteiger partial charge in [-0.3, -0.25) is 4.79 Å². The van der Waals surface area contributed by atoms with Crippen molar-refractivity contribution in [1.82, 2.24) is 5.32 Å². The average Bonchev–Trinajstić information content (AvgIpc) is 2.29. The Morgan fingerprint density at radius 2 is 1.78 bits per heavy atom. The zero-order valence-corrected chi connectivity index (χ0v) is 11.8. The number of hydrogen-bond donors (Lipinski definition) is 2. The zero-order chi connectivity index (χ0) is 13.5. The van der Waals surface area contributed by atoms with E-state index >= 15 is 0 Å². The van der Waals surface area contributed by atoms with Gasteiger partial charge in [0.05, 0.1) is 0 Å². The lowest BCUT2D eigenvalue weighted by molar-refractivity contribution is 0.0943. The second-order valence-electron chi connectivity index (χ2n) is 5.04. The largest absolute Gasteiger partial charge is 0.383 e. The van der Waals surface area contributed by atoms with Gasteiger partial charge in [-0.1, -0.05) is 13.3 Å². The number of carbonyl (C=O) groups excluding carboxylic acids is 1. The summed E-state index contributed by atoms with van der Waals surface area (Å²) in [4.78, 5) is 11.8. The number of carbonyl (C=O) groups is 1. The quantitative estimate of drug-likeness (QED) is 0.810. The lowest BCUT2D eigenvalue weighted by Gasteiger charge is -2.14. The second-order valence-corrected chi connectivity index (χ2v) is 5.04. The molecular weight excluding hydrogens is 224 g/mol. The Balaban J connectivity index is 2.59. The second kappa shape index (κ2) is 7.04. The van der Waals surface area contributed by atoms with Crippen molar-refractivity contribution in [3.63, 3.8) is 0 Å². The van der Waals surface area contributed by atoms with Crippen LogP contribution in [0.5, 0.6) is 0 Å². The van der Waals surface area contributed by atoms with Crippen LogP contribution in [0.2, 0.25) is 0 Å². The summed E-state index contributed by atoms with van der Waals surface area (Å²) in [5, 5.41) is 6.30. The number of amides is 1. The molecule has 1 atom stereocenters. The molecule has 3 nitrogen and oxygen atoms in total. The highest BCUT2D eigenvalue weighted by Crippen LogP contribution is 2.12. The van der Waals surface area contributed by atoms with Crippen molar-refractivity contribution in [1.29, 1.82) is 0 Å². The van der Waals surface area contributed by atoms with Gasteiger partial charge in [0, 0.05) is 23.3 Å². The number of benzene rings is 1. The molecule has 1 unspecified atom stereocenters. The summed E-state index contributed by atoms with van der Waals surface area (Å²) in [5.74, 6) is -0.0156. The highest BCUT2D eigenvalue weighted by molar-refractivity contribution is 5.94. The van der Waals surface area contributed by atoms with Gasteiger partial charge in [0.1, 0.15) is 0 Å². The van der Waals surface area contributed by atoms with E-state index in [0.29, 0.717) is 11.6 Å². The molecule has 0 saturated carbocycles. The van der Waals surface area contributed by atoms with Gasteiger partial charge in [-0.2, -0.15) is 0 Å². The number of rotatable bonds is 6. The molecule has 18 heavy (non-hydrogen) atoms. The zero-order valence-electron chi connectivity index (χ0n) is 11.8. The van der Waals surface area contributed by atoms with Crippen molar-refractivity contribution < 1.29 is 4.79 Å². The van der Waals surface area contributed by atoms with Crippen LogP contribution in [0.3, 0.4) is 0 Å². The molecule has 1 rings (SSSR count). The Bertz CT molecular complexity index is 371. The molecule has 0 spiro atoms. The minimum absolute atomic E-state index is 0.0156. The third-order valence-electron chi connectivity index (χ3n) is 2.70. The van der Waals surface area contributed by atoms with Gasteiger partial charge < -0.3 is 10.6 Å². The summed E-state index contributed by atoms with van der Waals surface area (Å²) in [6.45, 7) is 8.26. The molecule has 0 bridgehead atoms. The molecule has 0 fully saturated rings. The van der Waals surface area contributed by atoms with Crippen LogP contribution in [0.1, 0.15) is 50.9 Å². The fourth-order valence-electron chi connectivity index (χ4n) is 1.85. The highest BCUT2D eigenvalue weighted by Gasteiger charge is 2.07. The Hall–Kier alpha value is -1.51. The molecule has 100 valence electrons. The summed E-state index contributed by atoms with van der Waals surface area (Å²) < 4.78 is 0. The maximum absolute atomic E-state index is 11.8. The van der Waals surface area contributed by atoms with Gasteiger partial charge in [-0.25, -0.2) is 0 Å². The van der Waals surface area contributed by atoms with E-state index in [0.717, 1.165) is 12.1 Å². The Morgan fingerprint density at radius 3 is 2.28 bits per heavy atom. The molecule has 2 N–H and O–H groups in total. The summed E-state index contributed by atoms with van der Waals surface area (Å²) in [6.07, 6.45) is 2.32. The van der Waals surface area contributed by atoms with E-state index in [2.05, 4.69) is 24.5 Å². The molecule has 1 amide bonds. The number of nitrogens with one attached hydrogen (secondary N) is 2. The van der Waals surface area contributed by atoms with E-state index in [4.69, 9.17) is 0 Å². The first kappa shape index (κ1) is 14.6. The van der Waals surface area contributed by atoms with Crippen LogP contribution in [0.4, 0.5) is 5.69 Å². The van der Waals surface area contributed by atoms with E-state index < -0.39 is 0 Å².